The Morgan fingerprint density at radius 3 is 2.74 bits per heavy atom. The quantitative estimate of drug-likeness (QED) is 0.948. The van der Waals surface area contributed by atoms with Crippen molar-refractivity contribution >= 4 is 5.91 Å². The van der Waals surface area contributed by atoms with E-state index in [9.17, 15) is 4.79 Å². The molecule has 0 spiro atoms. The molecule has 1 saturated heterocycles. The van der Waals surface area contributed by atoms with Crippen molar-refractivity contribution in [3.63, 3.8) is 0 Å². The molecular formula is C19H20N2O2. The van der Waals surface area contributed by atoms with Crippen LogP contribution in [0.5, 0.6) is 5.75 Å². The summed E-state index contributed by atoms with van der Waals surface area (Å²) in [6, 6.07) is 16.0. The molecule has 2 aromatic carbocycles. The number of hydrogen-bond donors (Lipinski definition) is 1. The van der Waals surface area contributed by atoms with Crippen LogP contribution in [0, 0.1) is 0 Å². The van der Waals surface area contributed by atoms with E-state index in [0.29, 0.717) is 6.61 Å². The molecular weight excluding hydrogens is 288 g/mol. The fraction of sp³-hybridized carbons (Fsp3) is 0.316. The van der Waals surface area contributed by atoms with Crippen LogP contribution in [-0.2, 0) is 5.66 Å². The zero-order valence-electron chi connectivity index (χ0n) is 13.2. The van der Waals surface area contributed by atoms with Gasteiger partial charge in [0, 0.05) is 17.7 Å². The van der Waals surface area contributed by atoms with Gasteiger partial charge in [-0.2, -0.15) is 0 Å². The minimum atomic E-state index is -0.545. The third kappa shape index (κ3) is 1.98. The van der Waals surface area contributed by atoms with Crippen molar-refractivity contribution in [3.8, 4) is 5.75 Å². The first-order valence-electron chi connectivity index (χ1n) is 8.17. The van der Waals surface area contributed by atoms with Crippen LogP contribution >= 0.6 is 0 Å². The minimum absolute atomic E-state index is 0.113. The first-order valence-corrected chi connectivity index (χ1v) is 8.17. The van der Waals surface area contributed by atoms with Gasteiger partial charge in [0.2, 0.25) is 0 Å². The number of nitrogens with zero attached hydrogens (tertiary/aromatic N) is 1. The maximum absolute atomic E-state index is 12.8. The van der Waals surface area contributed by atoms with Gasteiger partial charge in [-0.15, -0.1) is 0 Å². The van der Waals surface area contributed by atoms with Gasteiger partial charge < -0.3 is 9.64 Å². The Morgan fingerprint density at radius 1 is 1.17 bits per heavy atom. The smallest absolute Gasteiger partial charge is 0.256 e. The number of ether oxygens (including phenoxy) is 1. The third-order valence-corrected chi connectivity index (χ3v) is 4.72. The molecule has 23 heavy (non-hydrogen) atoms. The molecule has 1 amide bonds. The van der Waals surface area contributed by atoms with Gasteiger partial charge in [-0.1, -0.05) is 30.3 Å². The summed E-state index contributed by atoms with van der Waals surface area (Å²) >= 11 is 0. The molecule has 1 atom stereocenters. The predicted octanol–water partition coefficient (Wildman–Crippen LogP) is 2.74. The molecule has 2 aliphatic heterocycles. The Hall–Kier alpha value is -2.33. The first-order chi connectivity index (χ1) is 11.3. The van der Waals surface area contributed by atoms with Crippen LogP contribution in [0.4, 0.5) is 0 Å². The number of amides is 1. The molecule has 2 heterocycles. The van der Waals surface area contributed by atoms with E-state index in [0.717, 1.165) is 42.0 Å². The number of nitrogens with one attached hydrogen (secondary N) is 1. The lowest BCUT2D eigenvalue weighted by atomic mass is 9.89. The van der Waals surface area contributed by atoms with Crippen molar-refractivity contribution in [1.82, 2.24) is 10.2 Å². The van der Waals surface area contributed by atoms with E-state index in [4.69, 9.17) is 4.74 Å². The molecule has 2 aliphatic rings. The fourth-order valence-electron chi connectivity index (χ4n) is 3.77. The maximum atomic E-state index is 12.8. The lowest BCUT2D eigenvalue weighted by Crippen LogP contribution is -2.59. The summed E-state index contributed by atoms with van der Waals surface area (Å²) < 4.78 is 5.55. The highest BCUT2D eigenvalue weighted by Gasteiger charge is 2.51. The van der Waals surface area contributed by atoms with E-state index in [-0.39, 0.29) is 5.91 Å². The highest BCUT2D eigenvalue weighted by molar-refractivity contribution is 6.00. The third-order valence-electron chi connectivity index (χ3n) is 4.72. The molecule has 0 bridgehead atoms. The maximum Gasteiger partial charge on any atom is 0.256 e. The van der Waals surface area contributed by atoms with Gasteiger partial charge in [-0.3, -0.25) is 10.1 Å². The van der Waals surface area contributed by atoms with Crippen LogP contribution in [0.3, 0.4) is 0 Å². The number of carbonyl (C=O) groups is 1. The van der Waals surface area contributed by atoms with Crippen molar-refractivity contribution in [2.45, 2.75) is 19.0 Å². The summed E-state index contributed by atoms with van der Waals surface area (Å²) in [5, 5.41) is 3.61. The predicted molar refractivity (Wildman–Crippen MR) is 88.5 cm³/mol. The van der Waals surface area contributed by atoms with Crippen LogP contribution in [0.1, 0.15) is 34.8 Å². The molecule has 0 saturated carbocycles. The Balaban J connectivity index is 1.87. The largest absolute Gasteiger partial charge is 0.494 e. The Bertz CT molecular complexity index is 741. The van der Waals surface area contributed by atoms with E-state index in [1.54, 1.807) is 0 Å². The lowest BCUT2D eigenvalue weighted by molar-refractivity contribution is 0.0457. The minimum Gasteiger partial charge on any atom is -0.494 e. The number of rotatable bonds is 3. The van der Waals surface area contributed by atoms with Crippen LogP contribution in [0.25, 0.3) is 0 Å². The second kappa shape index (κ2) is 5.39. The number of fused-ring (bicyclic) bond motifs is 3. The van der Waals surface area contributed by atoms with E-state index in [1.807, 2.05) is 42.2 Å². The van der Waals surface area contributed by atoms with E-state index < -0.39 is 5.66 Å². The van der Waals surface area contributed by atoms with Gasteiger partial charge in [-0.25, -0.2) is 0 Å². The molecule has 1 fully saturated rings. The first kappa shape index (κ1) is 14.3. The Morgan fingerprint density at radius 2 is 1.96 bits per heavy atom. The fourth-order valence-corrected chi connectivity index (χ4v) is 3.77. The summed E-state index contributed by atoms with van der Waals surface area (Å²) in [4.78, 5) is 14.8. The normalized spacial score (nSPS) is 22.7. The molecule has 1 unspecified atom stereocenters. The van der Waals surface area contributed by atoms with Crippen molar-refractivity contribution in [1.29, 1.82) is 0 Å². The SMILES string of the molecule is CCOc1ccc(C23NCCCN2C(=O)c2ccccc23)cc1. The Kier molecular flexibility index (Phi) is 3.34. The van der Waals surface area contributed by atoms with Crippen molar-refractivity contribution < 1.29 is 9.53 Å². The summed E-state index contributed by atoms with van der Waals surface area (Å²) in [5.74, 6) is 0.967. The highest BCUT2D eigenvalue weighted by Crippen LogP contribution is 2.43. The van der Waals surface area contributed by atoms with E-state index >= 15 is 0 Å². The number of benzene rings is 2. The molecule has 4 rings (SSSR count). The molecule has 0 aromatic heterocycles. The summed E-state index contributed by atoms with van der Waals surface area (Å²) in [7, 11) is 0. The molecule has 1 N–H and O–H groups in total. The monoisotopic (exact) mass is 308 g/mol. The number of carbonyl (C=O) groups excluding carboxylic acids is 1. The second-order valence-corrected chi connectivity index (χ2v) is 5.95. The molecule has 0 aliphatic carbocycles. The molecule has 118 valence electrons. The van der Waals surface area contributed by atoms with Gasteiger partial charge >= 0.3 is 0 Å². The summed E-state index contributed by atoms with van der Waals surface area (Å²) in [6.07, 6.45) is 0.971. The number of hydrogen-bond acceptors (Lipinski definition) is 3. The molecule has 4 nitrogen and oxygen atoms in total. The van der Waals surface area contributed by atoms with Gasteiger partial charge in [0.15, 0.2) is 0 Å². The standard InChI is InChI=1S/C19H20N2O2/c1-2-23-15-10-8-14(9-11-15)19-17-7-4-3-6-16(17)18(22)21(19)13-5-12-20-19/h3-4,6-11,20H,2,5,12-13H2,1H3. The lowest BCUT2D eigenvalue weighted by Gasteiger charge is -2.44. The second-order valence-electron chi connectivity index (χ2n) is 5.95. The van der Waals surface area contributed by atoms with Gasteiger partial charge in [0.25, 0.3) is 5.91 Å². The van der Waals surface area contributed by atoms with E-state index in [1.165, 1.54) is 0 Å². The van der Waals surface area contributed by atoms with Crippen LogP contribution in [-0.4, -0.2) is 30.5 Å². The average molecular weight is 308 g/mol. The van der Waals surface area contributed by atoms with Crippen molar-refractivity contribution in [3.05, 3.63) is 65.2 Å². The van der Waals surface area contributed by atoms with Crippen LogP contribution in [0.2, 0.25) is 0 Å². The summed E-state index contributed by atoms with van der Waals surface area (Å²) in [6.45, 7) is 4.29. The zero-order chi connectivity index (χ0) is 15.9. The molecule has 4 heteroatoms. The highest BCUT2D eigenvalue weighted by atomic mass is 16.5. The van der Waals surface area contributed by atoms with Crippen LogP contribution < -0.4 is 10.1 Å². The van der Waals surface area contributed by atoms with Gasteiger partial charge in [-0.05, 0) is 43.7 Å². The topological polar surface area (TPSA) is 41.6 Å². The van der Waals surface area contributed by atoms with E-state index in [2.05, 4.69) is 23.5 Å². The van der Waals surface area contributed by atoms with Crippen molar-refractivity contribution in [2.75, 3.05) is 19.7 Å². The van der Waals surface area contributed by atoms with Gasteiger partial charge in [0.05, 0.1) is 6.61 Å². The van der Waals surface area contributed by atoms with Crippen molar-refractivity contribution in [2.24, 2.45) is 0 Å². The molecule has 2 aromatic rings. The Labute approximate surface area is 136 Å². The molecule has 0 radical (unpaired) electrons. The average Bonchev–Trinajstić information content (AvgIpc) is 2.87. The van der Waals surface area contributed by atoms with Crippen LogP contribution in [0.15, 0.2) is 48.5 Å². The van der Waals surface area contributed by atoms with Gasteiger partial charge in [0.1, 0.15) is 11.4 Å². The zero-order valence-corrected chi connectivity index (χ0v) is 13.2. The summed E-state index contributed by atoms with van der Waals surface area (Å²) in [5.41, 5.74) is 2.39.